The molecule has 2 rings (SSSR count). The van der Waals surface area contributed by atoms with E-state index in [0.717, 1.165) is 10.6 Å². The molecule has 0 fully saturated rings. The van der Waals surface area contributed by atoms with Gasteiger partial charge in [-0.15, -0.1) is 11.3 Å². The summed E-state index contributed by atoms with van der Waals surface area (Å²) in [5, 5.41) is 9.08. The number of benzene rings is 1. The second-order valence-corrected chi connectivity index (χ2v) is 8.35. The van der Waals surface area contributed by atoms with Crippen LogP contribution in [0, 0.1) is 6.92 Å². The Morgan fingerprint density at radius 2 is 2.14 bits per heavy atom. The molecule has 0 aliphatic rings. The summed E-state index contributed by atoms with van der Waals surface area (Å²) in [7, 11) is -2.06. The molecule has 0 radical (unpaired) electrons. The van der Waals surface area contributed by atoms with Gasteiger partial charge in [-0.3, -0.25) is 0 Å². The fourth-order valence-electron chi connectivity index (χ4n) is 1.78. The summed E-state index contributed by atoms with van der Waals surface area (Å²) in [6, 6.07) is 4.71. The Labute approximate surface area is 136 Å². The Hall–Kier alpha value is -0.800. The van der Waals surface area contributed by atoms with E-state index >= 15 is 0 Å². The Kier molecular flexibility index (Phi) is 5.15. The molecule has 5 nitrogen and oxygen atoms in total. The van der Waals surface area contributed by atoms with E-state index in [1.165, 1.54) is 21.7 Å². The van der Waals surface area contributed by atoms with Gasteiger partial charge in [0.1, 0.15) is 0 Å². The summed E-state index contributed by atoms with van der Waals surface area (Å²) in [6.45, 7) is 2.01. The molecule has 0 saturated carbocycles. The lowest BCUT2D eigenvalue weighted by Gasteiger charge is -2.18. The van der Waals surface area contributed by atoms with Gasteiger partial charge in [-0.25, -0.2) is 13.4 Å². The largest absolute Gasteiger partial charge is 0.392 e. The molecule has 1 aromatic carbocycles. The molecule has 0 bridgehead atoms. The highest BCUT2D eigenvalue weighted by Gasteiger charge is 2.24. The molecule has 8 heteroatoms. The van der Waals surface area contributed by atoms with E-state index in [2.05, 4.69) is 20.9 Å². The number of thiazole rings is 1. The zero-order valence-corrected chi connectivity index (χ0v) is 14.8. The normalized spacial score (nSPS) is 12.0. The monoisotopic (exact) mass is 390 g/mol. The van der Waals surface area contributed by atoms with Crippen molar-refractivity contribution < 1.29 is 13.5 Å². The van der Waals surface area contributed by atoms with Crippen molar-refractivity contribution >= 4 is 37.3 Å². The predicted octanol–water partition coefficient (Wildman–Crippen LogP) is 2.53. The van der Waals surface area contributed by atoms with E-state index in [4.69, 9.17) is 5.11 Å². The van der Waals surface area contributed by atoms with E-state index in [-0.39, 0.29) is 18.0 Å². The second-order valence-electron chi connectivity index (χ2n) is 4.54. The van der Waals surface area contributed by atoms with Crippen molar-refractivity contribution in [3.05, 3.63) is 44.3 Å². The van der Waals surface area contributed by atoms with Crippen LogP contribution in [0.3, 0.4) is 0 Å². The SMILES string of the molecule is Cc1ncsc1CN(C)S(=O)(=O)c1ccc(CO)cc1Br. The summed E-state index contributed by atoms with van der Waals surface area (Å²) in [4.78, 5) is 5.23. The van der Waals surface area contributed by atoms with Gasteiger partial charge < -0.3 is 5.11 Å². The molecule has 21 heavy (non-hydrogen) atoms. The molecule has 0 saturated heterocycles. The minimum atomic E-state index is -3.60. The number of aryl methyl sites for hydroxylation is 1. The maximum absolute atomic E-state index is 12.6. The van der Waals surface area contributed by atoms with Gasteiger partial charge in [0.25, 0.3) is 0 Å². The molecular formula is C13H15BrN2O3S2. The molecule has 114 valence electrons. The zero-order valence-electron chi connectivity index (χ0n) is 11.6. The smallest absolute Gasteiger partial charge is 0.244 e. The molecule has 0 amide bonds. The lowest BCUT2D eigenvalue weighted by atomic mass is 10.2. The molecule has 1 aromatic heterocycles. The Bertz CT molecular complexity index is 744. The van der Waals surface area contributed by atoms with E-state index in [0.29, 0.717) is 10.0 Å². The fourth-order valence-corrected chi connectivity index (χ4v) is 4.92. The summed E-state index contributed by atoms with van der Waals surface area (Å²) in [5.41, 5.74) is 3.20. The van der Waals surface area contributed by atoms with Crippen LogP contribution in [0.4, 0.5) is 0 Å². The average molecular weight is 391 g/mol. The average Bonchev–Trinajstić information content (AvgIpc) is 2.83. The van der Waals surface area contributed by atoms with Crippen LogP contribution in [0.25, 0.3) is 0 Å². The summed E-state index contributed by atoms with van der Waals surface area (Å²) in [6.07, 6.45) is 0. The third kappa shape index (κ3) is 3.51. The van der Waals surface area contributed by atoms with Crippen LogP contribution >= 0.6 is 27.3 Å². The Morgan fingerprint density at radius 1 is 1.43 bits per heavy atom. The highest BCUT2D eigenvalue weighted by Crippen LogP contribution is 2.27. The van der Waals surface area contributed by atoms with Crippen molar-refractivity contribution in [3.63, 3.8) is 0 Å². The van der Waals surface area contributed by atoms with Crippen LogP contribution in [-0.4, -0.2) is 29.9 Å². The van der Waals surface area contributed by atoms with Gasteiger partial charge in [-0.2, -0.15) is 4.31 Å². The molecule has 1 N–H and O–H groups in total. The van der Waals surface area contributed by atoms with Crippen LogP contribution in [0.5, 0.6) is 0 Å². The van der Waals surface area contributed by atoms with Crippen molar-refractivity contribution in [3.8, 4) is 0 Å². The van der Waals surface area contributed by atoms with Crippen LogP contribution < -0.4 is 0 Å². The van der Waals surface area contributed by atoms with Crippen molar-refractivity contribution in [1.29, 1.82) is 0 Å². The highest BCUT2D eigenvalue weighted by molar-refractivity contribution is 9.10. The minimum absolute atomic E-state index is 0.130. The number of aliphatic hydroxyl groups excluding tert-OH is 1. The maximum Gasteiger partial charge on any atom is 0.244 e. The first-order valence-corrected chi connectivity index (χ1v) is 9.22. The van der Waals surface area contributed by atoms with Gasteiger partial charge in [-0.05, 0) is 40.5 Å². The number of hydrogen-bond donors (Lipinski definition) is 1. The molecular weight excluding hydrogens is 376 g/mol. The molecule has 1 heterocycles. The summed E-state index contributed by atoms with van der Waals surface area (Å²) >= 11 is 4.70. The molecule has 0 unspecified atom stereocenters. The Morgan fingerprint density at radius 3 is 2.67 bits per heavy atom. The van der Waals surface area contributed by atoms with Crippen molar-refractivity contribution in [2.75, 3.05) is 7.05 Å². The van der Waals surface area contributed by atoms with Crippen LogP contribution in [0.15, 0.2) is 33.1 Å². The second kappa shape index (κ2) is 6.53. The van der Waals surface area contributed by atoms with Gasteiger partial charge in [0.15, 0.2) is 0 Å². The van der Waals surface area contributed by atoms with E-state index in [9.17, 15) is 8.42 Å². The lowest BCUT2D eigenvalue weighted by molar-refractivity contribution is 0.281. The number of nitrogens with zero attached hydrogens (tertiary/aromatic N) is 2. The first-order valence-electron chi connectivity index (χ1n) is 6.11. The number of hydrogen-bond acceptors (Lipinski definition) is 5. The number of halogens is 1. The van der Waals surface area contributed by atoms with Gasteiger partial charge in [0.05, 0.1) is 22.7 Å². The first-order chi connectivity index (χ1) is 9.86. The number of sulfonamides is 1. The minimum Gasteiger partial charge on any atom is -0.392 e. The van der Waals surface area contributed by atoms with Crippen LogP contribution in [0.2, 0.25) is 0 Å². The summed E-state index contributed by atoms with van der Waals surface area (Å²) in [5.74, 6) is 0. The van der Waals surface area contributed by atoms with Gasteiger partial charge >= 0.3 is 0 Å². The number of rotatable bonds is 5. The molecule has 2 aromatic rings. The van der Waals surface area contributed by atoms with Gasteiger partial charge in [0.2, 0.25) is 10.0 Å². The Balaban J connectivity index is 2.31. The summed E-state index contributed by atoms with van der Waals surface area (Å²) < 4.78 is 27.0. The lowest BCUT2D eigenvalue weighted by Crippen LogP contribution is -2.26. The highest BCUT2D eigenvalue weighted by atomic mass is 79.9. The third-order valence-electron chi connectivity index (χ3n) is 3.08. The first kappa shape index (κ1) is 16.6. The molecule has 0 atom stereocenters. The molecule has 0 aliphatic heterocycles. The standard InChI is InChI=1S/C13H15BrN2O3S2/c1-9-12(20-8-15-9)6-16(2)21(18,19)13-4-3-10(7-17)5-11(13)14/h3-5,8,17H,6-7H2,1-2H3. The van der Waals surface area contributed by atoms with Crippen LogP contribution in [0.1, 0.15) is 16.1 Å². The maximum atomic E-state index is 12.6. The van der Waals surface area contributed by atoms with Crippen LogP contribution in [-0.2, 0) is 23.2 Å². The van der Waals surface area contributed by atoms with Crippen molar-refractivity contribution in [2.45, 2.75) is 25.0 Å². The number of aromatic nitrogens is 1. The molecule has 0 aliphatic carbocycles. The molecule has 0 spiro atoms. The van der Waals surface area contributed by atoms with Crippen molar-refractivity contribution in [1.82, 2.24) is 9.29 Å². The topological polar surface area (TPSA) is 70.5 Å². The van der Waals surface area contributed by atoms with Crippen molar-refractivity contribution in [2.24, 2.45) is 0 Å². The fraction of sp³-hybridized carbons (Fsp3) is 0.308. The van der Waals surface area contributed by atoms with Gasteiger partial charge in [-0.1, -0.05) is 6.07 Å². The quantitative estimate of drug-likeness (QED) is 0.851. The van der Waals surface area contributed by atoms with Gasteiger partial charge in [0, 0.05) is 22.9 Å². The third-order valence-corrected chi connectivity index (χ3v) is 6.78. The van der Waals surface area contributed by atoms with E-state index in [1.54, 1.807) is 24.7 Å². The zero-order chi connectivity index (χ0) is 15.6. The number of aliphatic hydroxyl groups is 1. The van der Waals surface area contributed by atoms with E-state index in [1.807, 2.05) is 6.92 Å². The van der Waals surface area contributed by atoms with E-state index < -0.39 is 10.0 Å². The predicted molar refractivity (Wildman–Crippen MR) is 85.6 cm³/mol.